The fourth-order valence-corrected chi connectivity index (χ4v) is 3.69. The van der Waals surface area contributed by atoms with Crippen LogP contribution in [0.4, 0.5) is 5.69 Å². The summed E-state index contributed by atoms with van der Waals surface area (Å²) in [5.74, 6) is -1.30. The molecule has 1 saturated heterocycles. The van der Waals surface area contributed by atoms with Crippen LogP contribution in [0, 0.1) is 10.1 Å². The highest BCUT2D eigenvalue weighted by Gasteiger charge is 2.43. The van der Waals surface area contributed by atoms with Gasteiger partial charge in [-0.15, -0.1) is 11.8 Å². The topological polar surface area (TPSA) is 101 Å². The molecule has 1 aromatic rings. The maximum absolute atomic E-state index is 11.7. The van der Waals surface area contributed by atoms with Crippen molar-refractivity contribution in [3.8, 4) is 0 Å². The van der Waals surface area contributed by atoms with Gasteiger partial charge in [-0.1, -0.05) is 12.1 Å². The van der Waals surface area contributed by atoms with Crippen LogP contribution in [0.2, 0.25) is 0 Å². The van der Waals surface area contributed by atoms with E-state index >= 15 is 0 Å². The number of hydrogen-bond donors (Lipinski definition) is 1. The van der Waals surface area contributed by atoms with E-state index in [0.717, 1.165) is 0 Å². The van der Waals surface area contributed by atoms with Crippen molar-refractivity contribution in [2.24, 2.45) is 0 Å². The summed E-state index contributed by atoms with van der Waals surface area (Å²) in [5.41, 5.74) is 0.240. The number of amides is 1. The van der Waals surface area contributed by atoms with E-state index in [1.54, 1.807) is 12.1 Å². The van der Waals surface area contributed by atoms with E-state index in [2.05, 4.69) is 0 Å². The Hall–Kier alpha value is -2.09. The summed E-state index contributed by atoms with van der Waals surface area (Å²) in [6.45, 7) is 1.27. The monoisotopic (exact) mass is 296 g/mol. The van der Waals surface area contributed by atoms with E-state index in [4.69, 9.17) is 5.11 Å². The van der Waals surface area contributed by atoms with Gasteiger partial charge in [0.05, 0.1) is 10.5 Å². The summed E-state index contributed by atoms with van der Waals surface area (Å²) < 4.78 is 0. The Morgan fingerprint density at radius 3 is 2.65 bits per heavy atom. The minimum atomic E-state index is -1.10. The SMILES string of the molecule is CC(=O)N1[C@@H](C(=O)O)CS[C@@H]1c1ccccc1[N+](=O)[O-]. The van der Waals surface area contributed by atoms with Crippen LogP contribution in [0.25, 0.3) is 0 Å². The number of carboxylic acids is 1. The quantitative estimate of drug-likeness (QED) is 0.672. The lowest BCUT2D eigenvalue weighted by molar-refractivity contribution is -0.385. The largest absolute Gasteiger partial charge is 0.480 e. The van der Waals surface area contributed by atoms with Crippen molar-refractivity contribution in [3.63, 3.8) is 0 Å². The molecule has 1 aromatic carbocycles. The van der Waals surface area contributed by atoms with E-state index in [0.29, 0.717) is 5.56 Å². The van der Waals surface area contributed by atoms with Crippen molar-refractivity contribution in [1.29, 1.82) is 0 Å². The van der Waals surface area contributed by atoms with Crippen LogP contribution in [0.3, 0.4) is 0 Å². The number of thioether (sulfide) groups is 1. The van der Waals surface area contributed by atoms with Crippen LogP contribution in [-0.2, 0) is 9.59 Å². The summed E-state index contributed by atoms with van der Waals surface area (Å²) >= 11 is 1.22. The Morgan fingerprint density at radius 2 is 2.10 bits per heavy atom. The van der Waals surface area contributed by atoms with Crippen LogP contribution in [0.1, 0.15) is 17.9 Å². The zero-order valence-electron chi connectivity index (χ0n) is 10.6. The average Bonchev–Trinajstić information content (AvgIpc) is 2.83. The van der Waals surface area contributed by atoms with E-state index in [-0.39, 0.29) is 11.4 Å². The molecule has 1 N–H and O–H groups in total. The summed E-state index contributed by atoms with van der Waals surface area (Å²) in [6.07, 6.45) is 0. The van der Waals surface area contributed by atoms with Gasteiger partial charge in [0.25, 0.3) is 5.69 Å². The number of rotatable bonds is 3. The van der Waals surface area contributed by atoms with E-state index in [1.165, 1.54) is 35.7 Å². The van der Waals surface area contributed by atoms with Gasteiger partial charge in [0.1, 0.15) is 11.4 Å². The molecule has 0 radical (unpaired) electrons. The third-order valence-corrected chi connectivity index (χ3v) is 4.35. The highest BCUT2D eigenvalue weighted by atomic mass is 32.2. The number of aliphatic carboxylic acids is 1. The van der Waals surface area contributed by atoms with Crippen molar-refractivity contribution in [1.82, 2.24) is 4.90 Å². The molecule has 0 spiro atoms. The second kappa shape index (κ2) is 5.49. The normalized spacial score (nSPS) is 21.8. The highest BCUT2D eigenvalue weighted by Crippen LogP contribution is 2.44. The summed E-state index contributed by atoms with van der Waals surface area (Å²) in [5, 5.41) is 19.5. The fourth-order valence-electron chi connectivity index (χ4n) is 2.18. The first-order valence-corrected chi connectivity index (χ1v) is 6.85. The van der Waals surface area contributed by atoms with Gasteiger partial charge < -0.3 is 10.0 Å². The molecule has 1 fully saturated rings. The predicted molar refractivity (Wildman–Crippen MR) is 72.2 cm³/mol. The third kappa shape index (κ3) is 2.46. The maximum Gasteiger partial charge on any atom is 0.327 e. The molecule has 1 aliphatic rings. The molecule has 0 aliphatic carbocycles. The number of carbonyl (C=O) groups excluding carboxylic acids is 1. The van der Waals surface area contributed by atoms with Crippen molar-refractivity contribution < 1.29 is 19.6 Å². The molecule has 0 unspecified atom stereocenters. The first kappa shape index (κ1) is 14.3. The van der Waals surface area contributed by atoms with Crippen molar-refractivity contribution in [2.45, 2.75) is 18.3 Å². The molecule has 7 nitrogen and oxygen atoms in total. The Balaban J connectivity index is 2.45. The molecule has 8 heteroatoms. The Bertz CT molecular complexity index is 577. The second-order valence-corrected chi connectivity index (χ2v) is 5.40. The Labute approximate surface area is 118 Å². The zero-order valence-corrected chi connectivity index (χ0v) is 11.4. The molecule has 106 valence electrons. The van der Waals surface area contributed by atoms with E-state index in [1.807, 2.05) is 0 Å². The number of nitro groups is 1. The van der Waals surface area contributed by atoms with Crippen LogP contribution in [0.5, 0.6) is 0 Å². The van der Waals surface area contributed by atoms with Gasteiger partial charge in [-0.3, -0.25) is 14.9 Å². The first-order chi connectivity index (χ1) is 9.43. The van der Waals surface area contributed by atoms with Crippen LogP contribution in [-0.4, -0.2) is 38.6 Å². The average molecular weight is 296 g/mol. The first-order valence-electron chi connectivity index (χ1n) is 5.80. The lowest BCUT2D eigenvalue weighted by Gasteiger charge is -2.25. The standard InChI is InChI=1S/C12H12N2O5S/c1-7(15)13-10(12(16)17)6-20-11(13)8-4-2-3-5-9(8)14(18)19/h2-5,10-11H,6H2,1H3,(H,16,17)/t10-,11-/m1/s1. The zero-order chi connectivity index (χ0) is 14.9. The number of nitrogens with zero attached hydrogens (tertiary/aromatic N) is 2. The minimum Gasteiger partial charge on any atom is -0.480 e. The maximum atomic E-state index is 11.7. The molecule has 1 aliphatic heterocycles. The van der Waals surface area contributed by atoms with Gasteiger partial charge in [-0.2, -0.15) is 0 Å². The van der Waals surface area contributed by atoms with Gasteiger partial charge >= 0.3 is 5.97 Å². The Kier molecular flexibility index (Phi) is 3.93. The molecule has 0 saturated carbocycles. The van der Waals surface area contributed by atoms with Crippen LogP contribution >= 0.6 is 11.8 Å². The molecule has 1 amide bonds. The molecular formula is C12H12N2O5S. The van der Waals surface area contributed by atoms with E-state index < -0.39 is 28.2 Å². The minimum absolute atomic E-state index is 0.109. The summed E-state index contributed by atoms with van der Waals surface area (Å²) in [4.78, 5) is 34.6. The predicted octanol–water partition coefficient (Wildman–Crippen LogP) is 1.64. The number of carbonyl (C=O) groups is 2. The molecule has 1 heterocycles. The molecule has 0 aromatic heterocycles. The number of carboxylic acid groups (broad SMARTS) is 1. The van der Waals surface area contributed by atoms with Crippen molar-refractivity contribution in [3.05, 3.63) is 39.9 Å². The number of nitro benzene ring substituents is 1. The van der Waals surface area contributed by atoms with Crippen molar-refractivity contribution >= 4 is 29.3 Å². The number of para-hydroxylation sites is 1. The van der Waals surface area contributed by atoms with Crippen LogP contribution in [0.15, 0.2) is 24.3 Å². The molecule has 0 bridgehead atoms. The lowest BCUT2D eigenvalue weighted by Crippen LogP contribution is -2.41. The highest BCUT2D eigenvalue weighted by molar-refractivity contribution is 7.99. The van der Waals surface area contributed by atoms with Gasteiger partial charge in [0.15, 0.2) is 0 Å². The summed E-state index contributed by atoms with van der Waals surface area (Å²) in [7, 11) is 0. The number of hydrogen-bond acceptors (Lipinski definition) is 5. The lowest BCUT2D eigenvalue weighted by atomic mass is 10.1. The second-order valence-electron chi connectivity index (χ2n) is 4.28. The summed E-state index contributed by atoms with van der Waals surface area (Å²) in [6, 6.07) is 5.11. The molecular weight excluding hydrogens is 284 g/mol. The van der Waals surface area contributed by atoms with Crippen molar-refractivity contribution in [2.75, 3.05) is 5.75 Å². The number of benzene rings is 1. The van der Waals surface area contributed by atoms with Crippen LogP contribution < -0.4 is 0 Å². The Morgan fingerprint density at radius 1 is 1.45 bits per heavy atom. The van der Waals surface area contributed by atoms with Gasteiger partial charge in [-0.25, -0.2) is 4.79 Å². The van der Waals surface area contributed by atoms with Gasteiger partial charge in [-0.05, 0) is 6.07 Å². The third-order valence-electron chi connectivity index (χ3n) is 3.05. The van der Waals surface area contributed by atoms with E-state index in [9.17, 15) is 19.7 Å². The fraction of sp³-hybridized carbons (Fsp3) is 0.333. The van der Waals surface area contributed by atoms with Gasteiger partial charge in [0.2, 0.25) is 5.91 Å². The molecule has 2 rings (SSSR count). The molecule has 20 heavy (non-hydrogen) atoms. The van der Waals surface area contributed by atoms with Gasteiger partial charge in [0, 0.05) is 18.7 Å². The molecule has 2 atom stereocenters. The smallest absolute Gasteiger partial charge is 0.327 e.